The predicted molar refractivity (Wildman–Crippen MR) is 93.6 cm³/mol. The minimum atomic E-state index is -4.82. The van der Waals surface area contributed by atoms with Crippen LogP contribution in [0.15, 0.2) is 35.1 Å². The number of aryl methyl sites for hydroxylation is 1. The number of halogens is 3. The number of carbonyl (C=O) groups is 1. The zero-order valence-corrected chi connectivity index (χ0v) is 14.8. The molecule has 1 saturated heterocycles. The lowest BCUT2D eigenvalue weighted by atomic mass is 10.1. The number of aromatic nitrogens is 3. The standard InChI is InChI=1S/C18H13F3N4O4/c1-8-11(15-23-10(7-29-15)17(27)28)16(26)25-14(22-8)12(9-5-3-2-4-6-9)13(24-25)18(19,20)21/h2-6,10,23H,7H2,1H3,(H,27,28)/t10-/m0/s1. The summed E-state index contributed by atoms with van der Waals surface area (Å²) in [6, 6.07) is 6.64. The highest BCUT2D eigenvalue weighted by atomic mass is 19.4. The number of hydrogen-bond donors (Lipinski definition) is 2. The van der Waals surface area contributed by atoms with E-state index < -0.39 is 29.4 Å². The summed E-state index contributed by atoms with van der Waals surface area (Å²) < 4.78 is 46.7. The van der Waals surface area contributed by atoms with Crippen LogP contribution in [0.2, 0.25) is 0 Å². The Kier molecular flexibility index (Phi) is 4.17. The quantitative estimate of drug-likeness (QED) is 0.653. The molecule has 1 atom stereocenters. The van der Waals surface area contributed by atoms with Crippen LogP contribution in [0.4, 0.5) is 13.2 Å². The third-order valence-corrected chi connectivity index (χ3v) is 4.46. The van der Waals surface area contributed by atoms with Crippen molar-refractivity contribution in [2.24, 2.45) is 0 Å². The molecule has 0 spiro atoms. The first kappa shape index (κ1) is 18.7. The van der Waals surface area contributed by atoms with Crippen molar-refractivity contribution in [2.75, 3.05) is 6.61 Å². The van der Waals surface area contributed by atoms with E-state index in [4.69, 9.17) is 9.84 Å². The van der Waals surface area contributed by atoms with Gasteiger partial charge in [0.1, 0.15) is 11.8 Å². The minimum absolute atomic E-state index is 0.0850. The number of nitrogens with one attached hydrogen (secondary N) is 1. The molecule has 3 aromatic rings. The number of hydrogen-bond acceptors (Lipinski definition) is 6. The Labute approximate surface area is 160 Å². The third kappa shape index (κ3) is 3.04. The Morgan fingerprint density at radius 3 is 2.59 bits per heavy atom. The summed E-state index contributed by atoms with van der Waals surface area (Å²) in [5.41, 5.74) is -2.39. The van der Waals surface area contributed by atoms with Crippen molar-refractivity contribution in [3.8, 4) is 11.1 Å². The normalized spacial score (nSPS) is 18.6. The Morgan fingerprint density at radius 1 is 1.31 bits per heavy atom. The number of aliphatic carboxylic acids is 1. The van der Waals surface area contributed by atoms with Crippen molar-refractivity contribution in [1.82, 2.24) is 19.9 Å². The molecule has 2 aromatic heterocycles. The molecule has 1 aliphatic rings. The van der Waals surface area contributed by atoms with E-state index in [1.165, 1.54) is 19.1 Å². The fourth-order valence-corrected chi connectivity index (χ4v) is 3.15. The van der Waals surface area contributed by atoms with Crippen LogP contribution in [0.1, 0.15) is 11.4 Å². The number of carboxylic acid groups (broad SMARTS) is 1. The van der Waals surface area contributed by atoms with Crippen LogP contribution >= 0.6 is 0 Å². The first-order chi connectivity index (χ1) is 13.7. The Balaban J connectivity index is 2.05. The third-order valence-electron chi connectivity index (χ3n) is 4.46. The summed E-state index contributed by atoms with van der Waals surface area (Å²) in [5.74, 6) is -1.34. The van der Waals surface area contributed by atoms with Gasteiger partial charge in [-0.3, -0.25) is 4.79 Å². The maximum absolute atomic E-state index is 13.6. The van der Waals surface area contributed by atoms with Gasteiger partial charge in [-0.05, 0) is 12.5 Å². The number of carboxylic acids is 1. The summed E-state index contributed by atoms with van der Waals surface area (Å²) in [7, 11) is 0. The molecule has 0 saturated carbocycles. The molecule has 0 amide bonds. The van der Waals surface area contributed by atoms with Crippen LogP contribution in [-0.4, -0.2) is 38.3 Å². The highest BCUT2D eigenvalue weighted by Crippen LogP contribution is 2.37. The van der Waals surface area contributed by atoms with Crippen LogP contribution < -0.4 is 16.1 Å². The van der Waals surface area contributed by atoms with Gasteiger partial charge in [0.15, 0.2) is 17.4 Å². The number of alkyl halides is 3. The van der Waals surface area contributed by atoms with Gasteiger partial charge in [-0.1, -0.05) is 30.3 Å². The first-order valence-electron chi connectivity index (χ1n) is 8.41. The van der Waals surface area contributed by atoms with E-state index in [2.05, 4.69) is 15.4 Å². The lowest BCUT2D eigenvalue weighted by molar-refractivity contribution is -0.141. The maximum atomic E-state index is 13.6. The van der Waals surface area contributed by atoms with Crippen molar-refractivity contribution in [3.05, 3.63) is 57.3 Å². The van der Waals surface area contributed by atoms with Gasteiger partial charge < -0.3 is 15.2 Å². The van der Waals surface area contributed by atoms with Crippen LogP contribution in [0.3, 0.4) is 0 Å². The average Bonchev–Trinajstić information content (AvgIpc) is 3.27. The molecule has 8 nitrogen and oxygen atoms in total. The lowest BCUT2D eigenvalue weighted by Gasteiger charge is -2.06. The van der Waals surface area contributed by atoms with Crippen molar-refractivity contribution in [3.63, 3.8) is 0 Å². The van der Waals surface area contributed by atoms with Crippen molar-refractivity contribution in [1.29, 1.82) is 0 Å². The van der Waals surface area contributed by atoms with Crippen molar-refractivity contribution >= 4 is 17.5 Å². The van der Waals surface area contributed by atoms with Gasteiger partial charge in [0.25, 0.3) is 5.56 Å². The van der Waals surface area contributed by atoms with Crippen LogP contribution in [0.25, 0.3) is 22.7 Å². The molecule has 1 fully saturated rings. The van der Waals surface area contributed by atoms with Crippen LogP contribution in [0.5, 0.6) is 0 Å². The maximum Gasteiger partial charge on any atom is 0.435 e. The Bertz CT molecular complexity index is 1240. The Hall–Kier alpha value is -3.63. The predicted octanol–water partition coefficient (Wildman–Crippen LogP) is 0.941. The molecule has 3 heterocycles. The lowest BCUT2D eigenvalue weighted by Crippen LogP contribution is -2.40. The van der Waals surface area contributed by atoms with E-state index in [1.54, 1.807) is 18.2 Å². The number of benzene rings is 1. The summed E-state index contributed by atoms with van der Waals surface area (Å²) >= 11 is 0. The second-order valence-corrected chi connectivity index (χ2v) is 6.38. The molecule has 0 unspecified atom stereocenters. The fourth-order valence-electron chi connectivity index (χ4n) is 3.15. The molecule has 0 radical (unpaired) electrons. The second-order valence-electron chi connectivity index (χ2n) is 6.38. The van der Waals surface area contributed by atoms with Gasteiger partial charge in [0.05, 0.1) is 11.3 Å². The van der Waals surface area contributed by atoms with Crippen molar-refractivity contribution < 1.29 is 27.8 Å². The zero-order valence-electron chi connectivity index (χ0n) is 14.8. The van der Waals surface area contributed by atoms with E-state index in [-0.39, 0.29) is 40.2 Å². The number of nitrogens with zero attached hydrogens (tertiary/aromatic N) is 3. The van der Waals surface area contributed by atoms with E-state index in [9.17, 15) is 22.8 Å². The zero-order chi connectivity index (χ0) is 20.9. The monoisotopic (exact) mass is 406 g/mol. The fraction of sp³-hybridized carbons (Fsp3) is 0.222. The summed E-state index contributed by atoms with van der Waals surface area (Å²) in [4.78, 5) is 28.2. The molecule has 4 rings (SSSR count). The molecular weight excluding hydrogens is 393 g/mol. The van der Waals surface area contributed by atoms with Gasteiger partial charge in [-0.25, -0.2) is 9.78 Å². The SMILES string of the molecule is Cc1nc2c(-c3ccccc3)c(C(F)(F)F)nn2c(=O)c1=C1N[C@H](C(=O)O)CO1. The molecule has 150 valence electrons. The molecule has 1 aliphatic heterocycles. The van der Waals surface area contributed by atoms with Gasteiger partial charge in [-0.2, -0.15) is 22.8 Å². The molecule has 11 heteroatoms. The minimum Gasteiger partial charge on any atom is -0.480 e. The summed E-state index contributed by atoms with van der Waals surface area (Å²) in [6.07, 6.45) is -4.82. The van der Waals surface area contributed by atoms with Gasteiger partial charge in [0.2, 0.25) is 5.88 Å². The summed E-state index contributed by atoms with van der Waals surface area (Å²) in [6.45, 7) is 1.20. The topological polar surface area (TPSA) is 106 Å². The molecule has 1 aromatic carbocycles. The number of ether oxygens (including phenoxy) is 1. The molecule has 2 N–H and O–H groups in total. The molecule has 0 bridgehead atoms. The molecule has 0 aliphatic carbocycles. The van der Waals surface area contributed by atoms with Gasteiger partial charge >= 0.3 is 12.1 Å². The van der Waals surface area contributed by atoms with Crippen LogP contribution in [-0.2, 0) is 15.7 Å². The second kappa shape index (κ2) is 6.47. The van der Waals surface area contributed by atoms with E-state index in [0.29, 0.717) is 4.52 Å². The van der Waals surface area contributed by atoms with Gasteiger partial charge in [-0.15, -0.1) is 0 Å². The Morgan fingerprint density at radius 2 is 2.00 bits per heavy atom. The first-order valence-corrected chi connectivity index (χ1v) is 8.41. The van der Waals surface area contributed by atoms with Gasteiger partial charge in [0, 0.05) is 0 Å². The number of fused-ring (bicyclic) bond motifs is 1. The highest BCUT2D eigenvalue weighted by Gasteiger charge is 2.39. The van der Waals surface area contributed by atoms with Crippen molar-refractivity contribution in [2.45, 2.75) is 19.1 Å². The van der Waals surface area contributed by atoms with E-state index in [0.717, 1.165) is 0 Å². The average molecular weight is 406 g/mol. The molecular formula is C18H13F3N4O4. The highest BCUT2D eigenvalue weighted by molar-refractivity contribution is 5.80. The smallest absolute Gasteiger partial charge is 0.435 e. The summed E-state index contributed by atoms with van der Waals surface area (Å²) in [5, 5.41) is 14.9. The van der Waals surface area contributed by atoms with E-state index in [1.807, 2.05) is 0 Å². The van der Waals surface area contributed by atoms with E-state index >= 15 is 0 Å². The molecule has 29 heavy (non-hydrogen) atoms. The largest absolute Gasteiger partial charge is 0.480 e. The number of rotatable bonds is 2. The van der Waals surface area contributed by atoms with Crippen LogP contribution in [0, 0.1) is 6.92 Å².